The molecule has 1 saturated heterocycles. The number of hydrogen-bond donors (Lipinski definition) is 1. The van der Waals surface area contributed by atoms with Gasteiger partial charge in [0.05, 0.1) is 17.0 Å². The van der Waals surface area contributed by atoms with Crippen molar-refractivity contribution in [3.63, 3.8) is 0 Å². The summed E-state index contributed by atoms with van der Waals surface area (Å²) in [6, 6.07) is 23.5. The van der Waals surface area contributed by atoms with E-state index in [9.17, 15) is 0 Å². The summed E-state index contributed by atoms with van der Waals surface area (Å²) < 4.78 is 6.89. The van der Waals surface area contributed by atoms with Gasteiger partial charge in [0.15, 0.2) is 5.82 Å². The molecular formula is C27H25N5OS. The highest BCUT2D eigenvalue weighted by atomic mass is 32.1. The summed E-state index contributed by atoms with van der Waals surface area (Å²) in [5, 5.41) is 4.49. The quantitative estimate of drug-likeness (QED) is 0.374. The highest BCUT2D eigenvalue weighted by Gasteiger charge is 2.23. The van der Waals surface area contributed by atoms with E-state index in [1.807, 2.05) is 19.1 Å². The summed E-state index contributed by atoms with van der Waals surface area (Å²) in [6.45, 7) is 6.17. The monoisotopic (exact) mass is 467 g/mol. The van der Waals surface area contributed by atoms with Crippen LogP contribution in [0.15, 0.2) is 66.7 Å². The highest BCUT2D eigenvalue weighted by molar-refractivity contribution is 7.26. The van der Waals surface area contributed by atoms with Gasteiger partial charge in [-0.05, 0) is 24.1 Å². The Labute approximate surface area is 202 Å². The molecule has 0 aliphatic carbocycles. The maximum Gasteiger partial charge on any atom is 0.319 e. The number of fused-ring (bicyclic) bond motifs is 3. The van der Waals surface area contributed by atoms with Gasteiger partial charge in [0.2, 0.25) is 0 Å². The molecule has 34 heavy (non-hydrogen) atoms. The van der Waals surface area contributed by atoms with Crippen LogP contribution in [0.25, 0.3) is 42.8 Å². The summed E-state index contributed by atoms with van der Waals surface area (Å²) in [7, 11) is 0. The van der Waals surface area contributed by atoms with Crippen molar-refractivity contribution in [2.24, 2.45) is 0 Å². The molecule has 6 nitrogen and oxygen atoms in total. The van der Waals surface area contributed by atoms with Crippen LogP contribution in [-0.4, -0.2) is 47.7 Å². The van der Waals surface area contributed by atoms with Crippen LogP contribution in [0.2, 0.25) is 0 Å². The summed E-state index contributed by atoms with van der Waals surface area (Å²) in [5.74, 6) is 0.943. The molecule has 1 aliphatic heterocycles. The zero-order valence-corrected chi connectivity index (χ0v) is 19.8. The van der Waals surface area contributed by atoms with Gasteiger partial charge in [-0.1, -0.05) is 60.7 Å². The molecule has 0 bridgehead atoms. The number of thiophene rings is 1. The largest absolute Gasteiger partial charge is 0.464 e. The summed E-state index contributed by atoms with van der Waals surface area (Å²) in [6.07, 6.45) is 0. The van der Waals surface area contributed by atoms with Crippen LogP contribution in [-0.2, 0) is 0 Å². The van der Waals surface area contributed by atoms with Crippen molar-refractivity contribution in [1.29, 1.82) is 0 Å². The topological polar surface area (TPSA) is 63.2 Å². The van der Waals surface area contributed by atoms with Crippen molar-refractivity contribution in [3.05, 3.63) is 66.7 Å². The van der Waals surface area contributed by atoms with Gasteiger partial charge in [0.25, 0.3) is 0 Å². The smallest absolute Gasteiger partial charge is 0.319 e. The molecule has 170 valence electrons. The molecule has 0 radical (unpaired) electrons. The molecule has 0 atom stereocenters. The fourth-order valence-corrected chi connectivity index (χ4v) is 5.65. The summed E-state index contributed by atoms with van der Waals surface area (Å²) in [5.41, 5.74) is 5.25. The SMILES string of the molecule is CCOc1nc(N2CCNCC2)c2sc3nc(-c4ccccc4)cc(-c4ccccc4)c3c2n1. The average molecular weight is 468 g/mol. The van der Waals surface area contributed by atoms with Crippen LogP contribution in [0.1, 0.15) is 6.92 Å². The van der Waals surface area contributed by atoms with Gasteiger partial charge in [0, 0.05) is 37.1 Å². The Hall–Kier alpha value is -3.55. The Morgan fingerprint density at radius 1 is 0.912 bits per heavy atom. The van der Waals surface area contributed by atoms with Crippen LogP contribution >= 0.6 is 11.3 Å². The molecule has 0 amide bonds. The van der Waals surface area contributed by atoms with E-state index in [0.29, 0.717) is 12.6 Å². The molecule has 7 heteroatoms. The Bertz CT molecular complexity index is 1450. The van der Waals surface area contributed by atoms with E-state index in [4.69, 9.17) is 19.7 Å². The van der Waals surface area contributed by atoms with Crippen molar-refractivity contribution in [2.45, 2.75) is 6.92 Å². The number of benzene rings is 2. The predicted molar refractivity (Wildman–Crippen MR) is 140 cm³/mol. The first-order valence-corrected chi connectivity index (χ1v) is 12.5. The first-order chi connectivity index (χ1) is 16.8. The van der Waals surface area contributed by atoms with Crippen LogP contribution in [0.3, 0.4) is 0 Å². The Morgan fingerprint density at radius 2 is 1.62 bits per heavy atom. The number of rotatable bonds is 5. The van der Waals surface area contributed by atoms with Gasteiger partial charge in [0.1, 0.15) is 10.3 Å². The minimum Gasteiger partial charge on any atom is -0.464 e. The number of nitrogens with one attached hydrogen (secondary N) is 1. The third-order valence-electron chi connectivity index (χ3n) is 6.09. The molecule has 0 saturated carbocycles. The number of anilines is 1. The maximum absolute atomic E-state index is 5.82. The maximum atomic E-state index is 5.82. The lowest BCUT2D eigenvalue weighted by Crippen LogP contribution is -2.44. The molecule has 1 fully saturated rings. The van der Waals surface area contributed by atoms with Crippen molar-refractivity contribution in [3.8, 4) is 28.4 Å². The van der Waals surface area contributed by atoms with Crippen LogP contribution in [0.5, 0.6) is 6.01 Å². The molecule has 2 aromatic carbocycles. The van der Waals surface area contributed by atoms with Gasteiger partial charge >= 0.3 is 6.01 Å². The molecule has 1 N–H and O–H groups in total. The lowest BCUT2D eigenvalue weighted by atomic mass is 10.00. The zero-order valence-electron chi connectivity index (χ0n) is 19.0. The van der Waals surface area contributed by atoms with Gasteiger partial charge in [-0.15, -0.1) is 11.3 Å². The number of nitrogens with zero attached hydrogens (tertiary/aromatic N) is 4. The Balaban J connectivity index is 1.67. The van der Waals surface area contributed by atoms with Crippen LogP contribution < -0.4 is 15.0 Å². The molecule has 5 aromatic rings. The summed E-state index contributed by atoms with van der Waals surface area (Å²) in [4.78, 5) is 18.1. The normalized spacial score (nSPS) is 14.1. The molecular weight excluding hydrogens is 442 g/mol. The van der Waals surface area contributed by atoms with Crippen molar-refractivity contribution in [1.82, 2.24) is 20.3 Å². The molecule has 3 aromatic heterocycles. The molecule has 4 heterocycles. The van der Waals surface area contributed by atoms with Crippen molar-refractivity contribution >= 4 is 37.6 Å². The standard InChI is InChI=1S/C27H25N5OS/c1-2-33-27-30-23-22-20(18-9-5-3-6-10-18)17-21(19-11-7-4-8-12-19)29-26(22)34-24(23)25(31-27)32-15-13-28-14-16-32/h3-12,17,28H,2,13-16H2,1H3. The molecule has 1 aliphatic rings. The summed E-state index contributed by atoms with van der Waals surface area (Å²) >= 11 is 1.67. The van der Waals surface area contributed by atoms with E-state index in [1.165, 1.54) is 0 Å². The van der Waals surface area contributed by atoms with E-state index in [2.05, 4.69) is 64.8 Å². The fraction of sp³-hybridized carbons (Fsp3) is 0.222. The van der Waals surface area contributed by atoms with E-state index >= 15 is 0 Å². The third kappa shape index (κ3) is 3.77. The van der Waals surface area contributed by atoms with Gasteiger partial charge < -0.3 is 15.0 Å². The number of aromatic nitrogens is 3. The van der Waals surface area contributed by atoms with E-state index < -0.39 is 0 Å². The lowest BCUT2D eigenvalue weighted by Gasteiger charge is -2.28. The van der Waals surface area contributed by atoms with Crippen molar-refractivity contribution in [2.75, 3.05) is 37.7 Å². The lowest BCUT2D eigenvalue weighted by molar-refractivity contribution is 0.314. The number of hydrogen-bond acceptors (Lipinski definition) is 7. The second-order valence-electron chi connectivity index (χ2n) is 8.25. The minimum absolute atomic E-state index is 0.425. The molecule has 0 spiro atoms. The Morgan fingerprint density at radius 3 is 2.32 bits per heavy atom. The minimum atomic E-state index is 0.425. The first-order valence-electron chi connectivity index (χ1n) is 11.7. The average Bonchev–Trinajstić information content (AvgIpc) is 3.28. The fourth-order valence-electron chi connectivity index (χ4n) is 4.49. The van der Waals surface area contributed by atoms with Gasteiger partial charge in [-0.25, -0.2) is 4.98 Å². The van der Waals surface area contributed by atoms with Crippen molar-refractivity contribution < 1.29 is 4.74 Å². The highest BCUT2D eigenvalue weighted by Crippen LogP contribution is 2.43. The Kier molecular flexibility index (Phi) is 5.57. The zero-order chi connectivity index (χ0) is 22.9. The number of ether oxygens (including phenoxy) is 1. The number of piperazine rings is 1. The van der Waals surface area contributed by atoms with Crippen LogP contribution in [0.4, 0.5) is 5.82 Å². The molecule has 6 rings (SSSR count). The van der Waals surface area contributed by atoms with Gasteiger partial charge in [-0.2, -0.15) is 9.97 Å². The van der Waals surface area contributed by atoms with E-state index in [0.717, 1.165) is 74.8 Å². The number of pyridine rings is 1. The third-order valence-corrected chi connectivity index (χ3v) is 7.16. The second-order valence-corrected chi connectivity index (χ2v) is 9.25. The van der Waals surface area contributed by atoms with E-state index in [1.54, 1.807) is 11.3 Å². The predicted octanol–water partition coefficient (Wildman–Crippen LogP) is 5.38. The molecule has 0 unspecified atom stereocenters. The van der Waals surface area contributed by atoms with Gasteiger partial charge in [-0.3, -0.25) is 0 Å². The first kappa shape index (κ1) is 21.0. The van der Waals surface area contributed by atoms with E-state index in [-0.39, 0.29) is 0 Å². The van der Waals surface area contributed by atoms with Crippen LogP contribution in [0, 0.1) is 0 Å². The second kappa shape index (κ2) is 9.00.